The van der Waals surface area contributed by atoms with Gasteiger partial charge in [0.25, 0.3) is 0 Å². The number of unbranched alkanes of at least 4 members (excludes halogenated alkanes) is 1. The van der Waals surface area contributed by atoms with Gasteiger partial charge in [0.1, 0.15) is 5.60 Å². The summed E-state index contributed by atoms with van der Waals surface area (Å²) >= 11 is 0. The van der Waals surface area contributed by atoms with Crippen LogP contribution < -0.4 is 5.73 Å². The Morgan fingerprint density at radius 3 is 2.67 bits per heavy atom. The summed E-state index contributed by atoms with van der Waals surface area (Å²) in [7, 11) is 1.55. The average molecular weight is 341 g/mol. The molecular weight excluding hydrogens is 310 g/mol. The number of aliphatic hydroxyl groups is 1. The summed E-state index contributed by atoms with van der Waals surface area (Å²) in [6, 6.07) is -0.639. The number of ether oxygens (including phenoxy) is 1. The second-order valence-electron chi connectivity index (χ2n) is 6.68. The monoisotopic (exact) mass is 341 g/mol. The Balaban J connectivity index is 2.92. The maximum absolute atomic E-state index is 11.7. The molecule has 0 aromatic carbocycles. The number of nitrogens with zero attached hydrogens (tertiary/aromatic N) is 4. The molecule has 8 heteroatoms. The van der Waals surface area contributed by atoms with Gasteiger partial charge in [-0.15, -0.1) is 0 Å². The summed E-state index contributed by atoms with van der Waals surface area (Å²) in [5.74, 6) is 0.360. The summed E-state index contributed by atoms with van der Waals surface area (Å²) < 4.78 is 5.68. The fraction of sp³-hybridized carbons (Fsp3) is 0.938. The van der Waals surface area contributed by atoms with Crippen molar-refractivity contribution < 1.29 is 14.6 Å². The first-order valence-electron chi connectivity index (χ1n) is 8.66. The standard InChI is InChI=1S/C16H31N5O3/c1-4-13(23)16(2,24-3)15(14(17)12-7-8-12)21(11-22)10-6-5-9-19-20-18/h11-15,23H,4-10,17H2,1-3H3/t13-,14-,15-,16-/m1/s1. The molecule has 3 N–H and O–H groups in total. The van der Waals surface area contributed by atoms with E-state index >= 15 is 0 Å². The Bertz CT molecular complexity index is 439. The highest BCUT2D eigenvalue weighted by Crippen LogP contribution is 2.38. The number of methoxy groups -OCH3 is 1. The molecule has 138 valence electrons. The number of nitrogens with two attached hydrogens (primary N) is 1. The Morgan fingerprint density at radius 1 is 1.54 bits per heavy atom. The number of aliphatic hydroxyl groups excluding tert-OH is 1. The van der Waals surface area contributed by atoms with Crippen molar-refractivity contribution in [1.29, 1.82) is 0 Å². The Kier molecular flexibility index (Phi) is 8.48. The molecule has 0 spiro atoms. The van der Waals surface area contributed by atoms with E-state index in [0.717, 1.165) is 19.3 Å². The second kappa shape index (κ2) is 9.84. The topological polar surface area (TPSA) is 125 Å². The summed E-state index contributed by atoms with van der Waals surface area (Å²) in [6.45, 7) is 4.60. The third-order valence-corrected chi connectivity index (χ3v) is 5.09. The van der Waals surface area contributed by atoms with Crippen LogP contribution in [0.5, 0.6) is 0 Å². The normalized spacial score (nSPS) is 20.4. The van der Waals surface area contributed by atoms with E-state index in [-0.39, 0.29) is 6.04 Å². The zero-order chi connectivity index (χ0) is 18.2. The number of hydrogen-bond acceptors (Lipinski definition) is 5. The van der Waals surface area contributed by atoms with Gasteiger partial charge in [-0.25, -0.2) is 0 Å². The molecule has 0 bridgehead atoms. The predicted octanol–water partition coefficient (Wildman–Crippen LogP) is 1.82. The van der Waals surface area contributed by atoms with E-state index in [9.17, 15) is 9.90 Å². The van der Waals surface area contributed by atoms with E-state index in [1.54, 1.807) is 12.0 Å². The van der Waals surface area contributed by atoms with Crippen LogP contribution in [0, 0.1) is 5.92 Å². The van der Waals surface area contributed by atoms with Crippen LogP contribution in [0.15, 0.2) is 5.11 Å². The van der Waals surface area contributed by atoms with Gasteiger partial charge in [-0.1, -0.05) is 12.0 Å². The highest BCUT2D eigenvalue weighted by Gasteiger charge is 2.49. The fourth-order valence-electron chi connectivity index (χ4n) is 3.31. The molecule has 1 aliphatic rings. The third-order valence-electron chi connectivity index (χ3n) is 5.09. The lowest BCUT2D eigenvalue weighted by atomic mass is 9.81. The van der Waals surface area contributed by atoms with Crippen molar-refractivity contribution in [3.8, 4) is 0 Å². The van der Waals surface area contributed by atoms with Gasteiger partial charge in [-0.2, -0.15) is 0 Å². The van der Waals surface area contributed by atoms with Gasteiger partial charge >= 0.3 is 0 Å². The van der Waals surface area contributed by atoms with Gasteiger partial charge < -0.3 is 20.5 Å². The van der Waals surface area contributed by atoms with Crippen LogP contribution in [0.3, 0.4) is 0 Å². The van der Waals surface area contributed by atoms with Gasteiger partial charge in [0.15, 0.2) is 0 Å². The summed E-state index contributed by atoms with van der Waals surface area (Å²) in [4.78, 5) is 16.1. The molecule has 1 amide bonds. The van der Waals surface area contributed by atoms with Gasteiger partial charge in [-0.05, 0) is 50.5 Å². The van der Waals surface area contributed by atoms with Gasteiger partial charge in [-0.3, -0.25) is 4.79 Å². The Labute approximate surface area is 144 Å². The van der Waals surface area contributed by atoms with Crippen LogP contribution in [0.2, 0.25) is 0 Å². The highest BCUT2D eigenvalue weighted by molar-refractivity contribution is 5.48. The Hall–Kier alpha value is -1.34. The molecule has 24 heavy (non-hydrogen) atoms. The zero-order valence-electron chi connectivity index (χ0n) is 15.0. The number of rotatable bonds is 13. The van der Waals surface area contributed by atoms with Crippen molar-refractivity contribution in [2.45, 2.75) is 69.7 Å². The van der Waals surface area contributed by atoms with Crippen molar-refractivity contribution in [3.05, 3.63) is 10.4 Å². The van der Waals surface area contributed by atoms with Crippen molar-refractivity contribution >= 4 is 6.41 Å². The Morgan fingerprint density at radius 2 is 2.21 bits per heavy atom. The molecule has 1 saturated carbocycles. The van der Waals surface area contributed by atoms with Crippen molar-refractivity contribution in [2.75, 3.05) is 20.2 Å². The van der Waals surface area contributed by atoms with Crippen molar-refractivity contribution in [1.82, 2.24) is 4.90 Å². The van der Waals surface area contributed by atoms with Crippen LogP contribution in [-0.2, 0) is 9.53 Å². The summed E-state index contributed by atoms with van der Waals surface area (Å²) in [5.41, 5.74) is 13.8. The van der Waals surface area contributed by atoms with E-state index < -0.39 is 17.7 Å². The van der Waals surface area contributed by atoms with E-state index in [2.05, 4.69) is 10.0 Å². The lowest BCUT2D eigenvalue weighted by molar-refractivity contribution is -0.154. The lowest BCUT2D eigenvalue weighted by Gasteiger charge is -2.47. The number of hydrogen-bond donors (Lipinski definition) is 2. The molecule has 0 aromatic rings. The van der Waals surface area contributed by atoms with Crippen LogP contribution in [0.4, 0.5) is 0 Å². The number of carbonyl (C=O) groups is 1. The quantitative estimate of drug-likeness (QED) is 0.174. The van der Waals surface area contributed by atoms with E-state index in [0.29, 0.717) is 38.3 Å². The van der Waals surface area contributed by atoms with Crippen molar-refractivity contribution in [2.24, 2.45) is 16.8 Å². The molecule has 0 heterocycles. The van der Waals surface area contributed by atoms with Crippen LogP contribution in [0.25, 0.3) is 10.4 Å². The van der Waals surface area contributed by atoms with Gasteiger partial charge in [0.2, 0.25) is 6.41 Å². The summed E-state index contributed by atoms with van der Waals surface area (Å²) in [6.07, 6.45) is 4.07. The van der Waals surface area contributed by atoms with Crippen molar-refractivity contribution in [3.63, 3.8) is 0 Å². The number of amides is 1. The molecule has 4 atom stereocenters. The lowest BCUT2D eigenvalue weighted by Crippen LogP contribution is -2.65. The number of azide groups is 1. The van der Waals surface area contributed by atoms with Crippen LogP contribution in [-0.4, -0.2) is 60.4 Å². The molecule has 0 radical (unpaired) electrons. The van der Waals surface area contributed by atoms with Crippen LogP contribution in [0.1, 0.15) is 46.0 Å². The maximum Gasteiger partial charge on any atom is 0.210 e. The summed E-state index contributed by atoms with van der Waals surface area (Å²) in [5, 5.41) is 14.0. The van der Waals surface area contributed by atoms with E-state index in [1.165, 1.54) is 0 Å². The zero-order valence-corrected chi connectivity index (χ0v) is 15.0. The SMILES string of the molecule is CC[C@@H](O)[C@@](C)(OC)[C@@H]([C@H](N)C1CC1)N(C=O)CCCCN=[N+]=[N-]. The number of carbonyl (C=O) groups excluding carboxylic acids is 1. The fourth-order valence-corrected chi connectivity index (χ4v) is 3.31. The molecule has 1 aliphatic carbocycles. The molecule has 0 unspecified atom stereocenters. The molecule has 8 nitrogen and oxygen atoms in total. The molecule has 0 saturated heterocycles. The first-order chi connectivity index (χ1) is 11.5. The first kappa shape index (κ1) is 20.7. The van der Waals surface area contributed by atoms with E-state index in [4.69, 9.17) is 16.0 Å². The molecule has 1 rings (SSSR count). The van der Waals surface area contributed by atoms with E-state index in [1.807, 2.05) is 13.8 Å². The minimum Gasteiger partial charge on any atom is -0.390 e. The molecule has 1 fully saturated rings. The largest absolute Gasteiger partial charge is 0.390 e. The van der Waals surface area contributed by atoms with Gasteiger partial charge in [0, 0.05) is 31.2 Å². The highest BCUT2D eigenvalue weighted by atomic mass is 16.5. The first-order valence-corrected chi connectivity index (χ1v) is 8.66. The minimum atomic E-state index is -0.928. The van der Waals surface area contributed by atoms with Gasteiger partial charge in [0.05, 0.1) is 12.1 Å². The van der Waals surface area contributed by atoms with Crippen LogP contribution >= 0.6 is 0 Å². The minimum absolute atomic E-state index is 0.238. The predicted molar refractivity (Wildman–Crippen MR) is 92.2 cm³/mol. The smallest absolute Gasteiger partial charge is 0.210 e. The average Bonchev–Trinajstić information content (AvgIpc) is 3.43. The second-order valence-corrected chi connectivity index (χ2v) is 6.68. The molecule has 0 aromatic heterocycles. The third kappa shape index (κ3) is 5.08. The maximum atomic E-state index is 11.7. The molecule has 0 aliphatic heterocycles. The molecular formula is C16H31N5O3.